The molecule has 1 N–H and O–H groups in total. The van der Waals surface area contributed by atoms with Crippen molar-refractivity contribution in [1.29, 1.82) is 0 Å². The second kappa shape index (κ2) is 4.49. The van der Waals surface area contributed by atoms with Gasteiger partial charge < -0.3 is 5.11 Å². The smallest absolute Gasteiger partial charge is 0.116 e. The van der Waals surface area contributed by atoms with Gasteiger partial charge in [-0.1, -0.05) is 11.6 Å². The molecule has 0 saturated carbocycles. The first-order valence-corrected chi connectivity index (χ1v) is 7.06. The standard InChI is InChI=1S/C12H13ClOS2/c1-6-5-15-12(10(6)13)11(14)9-4-7(2)16-8(9)3/h4-5,11,14H,1-3H3. The van der Waals surface area contributed by atoms with Crippen LogP contribution in [0, 0.1) is 20.8 Å². The van der Waals surface area contributed by atoms with Gasteiger partial charge in [0.15, 0.2) is 0 Å². The lowest BCUT2D eigenvalue weighted by Crippen LogP contribution is -1.97. The number of halogens is 1. The molecule has 2 aromatic rings. The van der Waals surface area contributed by atoms with Crippen LogP contribution in [0.5, 0.6) is 0 Å². The number of hydrogen-bond donors (Lipinski definition) is 1. The first-order chi connectivity index (χ1) is 7.50. The van der Waals surface area contributed by atoms with Gasteiger partial charge in [0.1, 0.15) is 6.10 Å². The van der Waals surface area contributed by atoms with Crippen LogP contribution < -0.4 is 0 Å². The van der Waals surface area contributed by atoms with Crippen LogP contribution in [0.4, 0.5) is 0 Å². The molecule has 0 amide bonds. The predicted octanol–water partition coefficient (Wildman–Crippen LogP) is 4.47. The molecule has 0 aliphatic heterocycles. The van der Waals surface area contributed by atoms with Gasteiger partial charge >= 0.3 is 0 Å². The molecule has 0 aromatic carbocycles. The molecular formula is C12H13ClOS2. The van der Waals surface area contributed by atoms with Crippen LogP contribution in [-0.2, 0) is 0 Å². The highest BCUT2D eigenvalue weighted by molar-refractivity contribution is 7.12. The van der Waals surface area contributed by atoms with Crippen molar-refractivity contribution in [2.45, 2.75) is 26.9 Å². The first kappa shape index (κ1) is 12.1. The maximum atomic E-state index is 10.3. The van der Waals surface area contributed by atoms with Gasteiger partial charge in [-0.15, -0.1) is 22.7 Å². The Labute approximate surface area is 108 Å². The highest BCUT2D eigenvalue weighted by Gasteiger charge is 2.20. The van der Waals surface area contributed by atoms with E-state index in [1.165, 1.54) is 16.2 Å². The molecule has 4 heteroatoms. The molecule has 0 saturated heterocycles. The Kier molecular flexibility index (Phi) is 3.40. The molecule has 16 heavy (non-hydrogen) atoms. The van der Waals surface area contributed by atoms with Crippen molar-refractivity contribution in [2.75, 3.05) is 0 Å². The fraction of sp³-hybridized carbons (Fsp3) is 0.333. The zero-order valence-corrected chi connectivity index (χ0v) is 11.8. The Morgan fingerprint density at radius 1 is 1.31 bits per heavy atom. The second-order valence-electron chi connectivity index (χ2n) is 3.87. The van der Waals surface area contributed by atoms with Gasteiger partial charge in [0.05, 0.1) is 9.90 Å². The molecule has 1 atom stereocenters. The van der Waals surface area contributed by atoms with E-state index in [4.69, 9.17) is 11.6 Å². The summed E-state index contributed by atoms with van der Waals surface area (Å²) in [5.41, 5.74) is 2.01. The van der Waals surface area contributed by atoms with Crippen LogP contribution >= 0.6 is 34.3 Å². The van der Waals surface area contributed by atoms with Crippen LogP contribution in [-0.4, -0.2) is 5.11 Å². The Balaban J connectivity index is 2.42. The zero-order chi connectivity index (χ0) is 11.9. The summed E-state index contributed by atoms with van der Waals surface area (Å²) in [6.07, 6.45) is -0.587. The van der Waals surface area contributed by atoms with E-state index in [1.54, 1.807) is 11.3 Å². The largest absolute Gasteiger partial charge is 0.383 e. The van der Waals surface area contributed by atoms with Crippen LogP contribution in [0.15, 0.2) is 11.4 Å². The third-order valence-electron chi connectivity index (χ3n) is 2.55. The molecule has 0 aliphatic carbocycles. The van der Waals surface area contributed by atoms with Crippen molar-refractivity contribution in [3.05, 3.63) is 42.2 Å². The summed E-state index contributed by atoms with van der Waals surface area (Å²) in [6, 6.07) is 2.04. The van der Waals surface area contributed by atoms with Crippen molar-refractivity contribution in [3.63, 3.8) is 0 Å². The summed E-state index contributed by atoms with van der Waals surface area (Å²) in [7, 11) is 0. The molecule has 0 aliphatic rings. The van der Waals surface area contributed by atoms with E-state index >= 15 is 0 Å². The number of rotatable bonds is 2. The van der Waals surface area contributed by atoms with Crippen LogP contribution in [0.1, 0.15) is 31.9 Å². The average molecular weight is 273 g/mol. The summed E-state index contributed by atoms with van der Waals surface area (Å²) in [6.45, 7) is 6.04. The summed E-state index contributed by atoms with van der Waals surface area (Å²) in [5, 5.41) is 13.0. The zero-order valence-electron chi connectivity index (χ0n) is 9.37. The van der Waals surface area contributed by atoms with Crippen LogP contribution in [0.3, 0.4) is 0 Å². The Bertz CT molecular complexity index is 511. The Morgan fingerprint density at radius 3 is 2.44 bits per heavy atom. The van der Waals surface area contributed by atoms with E-state index in [0.29, 0.717) is 5.02 Å². The maximum Gasteiger partial charge on any atom is 0.116 e. The fourth-order valence-electron chi connectivity index (χ4n) is 1.70. The number of hydrogen-bond acceptors (Lipinski definition) is 3. The molecule has 0 spiro atoms. The molecule has 1 unspecified atom stereocenters. The number of aliphatic hydroxyl groups excluding tert-OH is 1. The van der Waals surface area contributed by atoms with Gasteiger partial charge in [-0.2, -0.15) is 0 Å². The second-order valence-corrected chi connectivity index (χ2v) is 6.62. The summed E-state index contributed by atoms with van der Waals surface area (Å²) >= 11 is 9.39. The number of aliphatic hydroxyl groups is 1. The van der Waals surface area contributed by atoms with E-state index in [0.717, 1.165) is 20.9 Å². The predicted molar refractivity (Wildman–Crippen MR) is 71.9 cm³/mol. The van der Waals surface area contributed by atoms with Gasteiger partial charge in [0.25, 0.3) is 0 Å². The van der Waals surface area contributed by atoms with E-state index in [2.05, 4.69) is 6.92 Å². The molecule has 2 heterocycles. The van der Waals surface area contributed by atoms with Crippen molar-refractivity contribution < 1.29 is 5.11 Å². The third-order valence-corrected chi connectivity index (χ3v) is 5.30. The van der Waals surface area contributed by atoms with Crippen molar-refractivity contribution in [1.82, 2.24) is 0 Å². The topological polar surface area (TPSA) is 20.2 Å². The normalized spacial score (nSPS) is 13.1. The van der Waals surface area contributed by atoms with Gasteiger partial charge in [-0.25, -0.2) is 0 Å². The van der Waals surface area contributed by atoms with Crippen molar-refractivity contribution in [2.24, 2.45) is 0 Å². The van der Waals surface area contributed by atoms with Crippen LogP contribution in [0.2, 0.25) is 5.02 Å². The van der Waals surface area contributed by atoms with E-state index in [1.807, 2.05) is 25.3 Å². The SMILES string of the molecule is Cc1cc(C(O)c2scc(C)c2Cl)c(C)s1. The maximum absolute atomic E-state index is 10.3. The molecule has 0 radical (unpaired) electrons. The summed E-state index contributed by atoms with van der Waals surface area (Å²) < 4.78 is 0. The molecule has 1 nitrogen and oxygen atoms in total. The monoisotopic (exact) mass is 272 g/mol. The molecule has 0 fully saturated rings. The number of aryl methyl sites for hydroxylation is 3. The van der Waals surface area contributed by atoms with Crippen molar-refractivity contribution >= 4 is 34.3 Å². The third kappa shape index (κ3) is 2.05. The summed E-state index contributed by atoms with van der Waals surface area (Å²) in [5.74, 6) is 0. The summed E-state index contributed by atoms with van der Waals surface area (Å²) in [4.78, 5) is 3.23. The highest BCUT2D eigenvalue weighted by atomic mass is 35.5. The van der Waals surface area contributed by atoms with Crippen LogP contribution in [0.25, 0.3) is 0 Å². The van der Waals surface area contributed by atoms with E-state index < -0.39 is 6.10 Å². The first-order valence-electron chi connectivity index (χ1n) is 4.99. The Hall–Kier alpha value is -0.350. The molecule has 0 bridgehead atoms. The van der Waals surface area contributed by atoms with E-state index in [9.17, 15) is 5.11 Å². The lowest BCUT2D eigenvalue weighted by Gasteiger charge is -2.09. The molecular weight excluding hydrogens is 260 g/mol. The van der Waals surface area contributed by atoms with Gasteiger partial charge in [-0.05, 0) is 43.3 Å². The minimum absolute atomic E-state index is 0.587. The lowest BCUT2D eigenvalue weighted by molar-refractivity contribution is 0.224. The van der Waals surface area contributed by atoms with E-state index in [-0.39, 0.29) is 0 Å². The molecule has 86 valence electrons. The highest BCUT2D eigenvalue weighted by Crippen LogP contribution is 2.38. The quantitative estimate of drug-likeness (QED) is 0.855. The molecule has 2 aromatic heterocycles. The van der Waals surface area contributed by atoms with Gasteiger partial charge in [-0.3, -0.25) is 0 Å². The minimum Gasteiger partial charge on any atom is -0.383 e. The van der Waals surface area contributed by atoms with Crippen molar-refractivity contribution in [3.8, 4) is 0 Å². The Morgan fingerprint density at radius 2 is 2.00 bits per heavy atom. The number of thiophene rings is 2. The average Bonchev–Trinajstić information content (AvgIpc) is 2.71. The lowest BCUT2D eigenvalue weighted by atomic mass is 10.1. The van der Waals surface area contributed by atoms with Gasteiger partial charge in [0, 0.05) is 9.75 Å². The molecule has 2 rings (SSSR count). The fourth-order valence-corrected chi connectivity index (χ4v) is 3.95. The van der Waals surface area contributed by atoms with Gasteiger partial charge in [0.2, 0.25) is 0 Å². The minimum atomic E-state index is -0.587.